The van der Waals surface area contributed by atoms with E-state index in [-0.39, 0.29) is 17.4 Å². The van der Waals surface area contributed by atoms with Crippen LogP contribution in [0.2, 0.25) is 0 Å². The Morgan fingerprint density at radius 1 is 1.21 bits per heavy atom. The van der Waals surface area contributed by atoms with Crippen LogP contribution >= 0.6 is 0 Å². The molecule has 0 bridgehead atoms. The average Bonchev–Trinajstić information content (AvgIpc) is 3.58. The number of allylic oxidation sites excluding steroid dienone is 2. The maximum Gasteiger partial charge on any atom is 0.291 e. The lowest BCUT2D eigenvalue weighted by Gasteiger charge is -2.32. The summed E-state index contributed by atoms with van der Waals surface area (Å²) in [5, 5.41) is 12.0. The SMILES string of the molecule is N#Cc1cnc(C(=O)Nc2ccc(C3CCN(Cc4ccccn4)CC3)cc2C2=CCCC2)[nH]1. The van der Waals surface area contributed by atoms with Crippen LogP contribution in [0.5, 0.6) is 0 Å². The van der Waals surface area contributed by atoms with E-state index in [9.17, 15) is 4.79 Å². The highest BCUT2D eigenvalue weighted by molar-refractivity contribution is 6.03. The van der Waals surface area contributed by atoms with Crippen molar-refractivity contribution < 1.29 is 4.79 Å². The van der Waals surface area contributed by atoms with E-state index in [1.165, 1.54) is 17.3 Å². The van der Waals surface area contributed by atoms with Gasteiger partial charge in [0.25, 0.3) is 5.91 Å². The van der Waals surface area contributed by atoms with Crippen molar-refractivity contribution in [1.29, 1.82) is 5.26 Å². The van der Waals surface area contributed by atoms with Crippen LogP contribution in [0.1, 0.15) is 71.2 Å². The summed E-state index contributed by atoms with van der Waals surface area (Å²) < 4.78 is 0. The highest BCUT2D eigenvalue weighted by atomic mass is 16.2. The average molecular weight is 453 g/mol. The van der Waals surface area contributed by atoms with Crippen LogP contribution in [0.25, 0.3) is 5.57 Å². The lowest BCUT2D eigenvalue weighted by atomic mass is 9.87. The molecule has 0 saturated carbocycles. The molecule has 0 spiro atoms. The molecule has 3 heterocycles. The number of rotatable bonds is 6. The highest BCUT2D eigenvalue weighted by Crippen LogP contribution is 2.37. The van der Waals surface area contributed by atoms with Gasteiger partial charge in [0.05, 0.1) is 11.9 Å². The van der Waals surface area contributed by atoms with E-state index in [1.807, 2.05) is 30.5 Å². The molecule has 3 aromatic rings. The number of hydrogen-bond acceptors (Lipinski definition) is 5. The number of anilines is 1. The van der Waals surface area contributed by atoms with Gasteiger partial charge >= 0.3 is 0 Å². The summed E-state index contributed by atoms with van der Waals surface area (Å²) in [6.45, 7) is 3.01. The first-order chi connectivity index (χ1) is 16.7. The van der Waals surface area contributed by atoms with E-state index >= 15 is 0 Å². The molecule has 34 heavy (non-hydrogen) atoms. The maximum absolute atomic E-state index is 12.7. The first kappa shape index (κ1) is 22.1. The number of pyridine rings is 1. The van der Waals surface area contributed by atoms with Crippen molar-refractivity contribution >= 4 is 17.2 Å². The van der Waals surface area contributed by atoms with Crippen LogP contribution in [0.4, 0.5) is 5.69 Å². The van der Waals surface area contributed by atoms with Gasteiger partial charge in [-0.1, -0.05) is 18.2 Å². The van der Waals surface area contributed by atoms with Crippen LogP contribution in [0.3, 0.4) is 0 Å². The molecule has 1 amide bonds. The van der Waals surface area contributed by atoms with Crippen molar-refractivity contribution in [3.63, 3.8) is 0 Å². The zero-order valence-corrected chi connectivity index (χ0v) is 19.1. The van der Waals surface area contributed by atoms with Gasteiger partial charge in [-0.15, -0.1) is 0 Å². The minimum absolute atomic E-state index is 0.146. The van der Waals surface area contributed by atoms with E-state index < -0.39 is 0 Å². The number of aromatic nitrogens is 3. The van der Waals surface area contributed by atoms with Crippen molar-refractivity contribution in [1.82, 2.24) is 19.9 Å². The molecular weight excluding hydrogens is 424 g/mol. The van der Waals surface area contributed by atoms with Gasteiger partial charge in [-0.25, -0.2) is 4.98 Å². The molecule has 1 aromatic carbocycles. The second kappa shape index (κ2) is 10.0. The molecule has 1 fully saturated rings. The number of carbonyl (C=O) groups excluding carboxylic acids is 1. The normalized spacial score (nSPS) is 16.7. The highest BCUT2D eigenvalue weighted by Gasteiger charge is 2.23. The zero-order chi connectivity index (χ0) is 23.3. The van der Waals surface area contributed by atoms with Crippen LogP contribution in [-0.4, -0.2) is 38.8 Å². The third-order valence-corrected chi connectivity index (χ3v) is 6.76. The fraction of sp³-hybridized carbons (Fsp3) is 0.333. The Morgan fingerprint density at radius 3 is 2.79 bits per heavy atom. The van der Waals surface area contributed by atoms with Crippen molar-refractivity contribution in [3.8, 4) is 6.07 Å². The molecule has 2 N–H and O–H groups in total. The Kier molecular flexibility index (Phi) is 6.50. The van der Waals surface area contributed by atoms with Crippen molar-refractivity contribution in [3.05, 3.63) is 83.2 Å². The largest absolute Gasteiger partial charge is 0.326 e. The summed E-state index contributed by atoms with van der Waals surface area (Å²) in [7, 11) is 0. The molecule has 172 valence electrons. The second-order valence-electron chi connectivity index (χ2n) is 9.01. The first-order valence-corrected chi connectivity index (χ1v) is 11.9. The van der Waals surface area contributed by atoms with Gasteiger partial charge in [0.15, 0.2) is 5.82 Å². The molecule has 1 aliphatic carbocycles. The Morgan fingerprint density at radius 2 is 2.09 bits per heavy atom. The van der Waals surface area contributed by atoms with Gasteiger partial charge in [0.2, 0.25) is 0 Å². The van der Waals surface area contributed by atoms with Gasteiger partial charge in [-0.05, 0) is 86.5 Å². The molecule has 0 atom stereocenters. The van der Waals surface area contributed by atoms with Crippen LogP contribution in [0.15, 0.2) is 54.9 Å². The second-order valence-corrected chi connectivity index (χ2v) is 9.01. The number of nitrogens with one attached hydrogen (secondary N) is 2. The molecule has 5 rings (SSSR count). The summed E-state index contributed by atoms with van der Waals surface area (Å²) in [5.41, 5.74) is 5.92. The molecular formula is C27H28N6O. The summed E-state index contributed by atoms with van der Waals surface area (Å²) in [4.78, 5) is 26.5. The topological polar surface area (TPSA) is 97.7 Å². The summed E-state index contributed by atoms with van der Waals surface area (Å²) in [5.74, 6) is 0.318. The summed E-state index contributed by atoms with van der Waals surface area (Å²) >= 11 is 0. The Bertz CT molecular complexity index is 1230. The van der Waals surface area contributed by atoms with Crippen molar-refractivity contribution in [2.45, 2.75) is 44.6 Å². The van der Waals surface area contributed by atoms with Gasteiger partial charge < -0.3 is 10.3 Å². The van der Waals surface area contributed by atoms with E-state index in [4.69, 9.17) is 5.26 Å². The number of H-pyrrole nitrogens is 1. The van der Waals surface area contributed by atoms with Crippen molar-refractivity contribution in [2.75, 3.05) is 18.4 Å². The number of aromatic amines is 1. The lowest BCUT2D eigenvalue weighted by molar-refractivity contribution is 0.101. The molecule has 0 unspecified atom stereocenters. The number of nitrogens with zero attached hydrogens (tertiary/aromatic N) is 4. The maximum atomic E-state index is 12.7. The Balaban J connectivity index is 1.31. The summed E-state index contributed by atoms with van der Waals surface area (Å²) in [6.07, 6.45) is 11.0. The number of benzene rings is 1. The quantitative estimate of drug-likeness (QED) is 0.556. The molecule has 2 aromatic heterocycles. The monoisotopic (exact) mass is 452 g/mol. The fourth-order valence-electron chi connectivity index (χ4n) is 4.93. The number of piperidine rings is 1. The number of imidazole rings is 1. The van der Waals surface area contributed by atoms with Gasteiger partial charge in [-0.3, -0.25) is 14.7 Å². The smallest absolute Gasteiger partial charge is 0.291 e. The number of likely N-dealkylation sites (tertiary alicyclic amines) is 1. The number of hydrogen-bond donors (Lipinski definition) is 2. The third kappa shape index (κ3) is 4.92. The number of amides is 1. The predicted molar refractivity (Wildman–Crippen MR) is 131 cm³/mol. The molecule has 1 saturated heterocycles. The third-order valence-electron chi connectivity index (χ3n) is 6.76. The van der Waals surface area contributed by atoms with E-state index in [0.717, 1.165) is 68.7 Å². The number of nitriles is 1. The Labute approximate surface area is 199 Å². The minimum Gasteiger partial charge on any atom is -0.326 e. The first-order valence-electron chi connectivity index (χ1n) is 11.9. The standard InChI is InChI=1S/C27H28N6O/c28-16-23-17-30-26(31-23)27(34)32-25-9-8-21(15-24(25)20-5-1-2-6-20)19-10-13-33(14-11-19)18-22-7-3-4-12-29-22/h3-5,7-9,12,15,17,19H,1-2,6,10-11,13-14,18H2,(H,30,31)(H,32,34). The predicted octanol–water partition coefficient (Wildman–Crippen LogP) is 4.88. The minimum atomic E-state index is -0.336. The Hall–Kier alpha value is -3.76. The van der Waals surface area contributed by atoms with Crippen LogP contribution < -0.4 is 5.32 Å². The zero-order valence-electron chi connectivity index (χ0n) is 19.1. The molecule has 1 aliphatic heterocycles. The molecule has 7 heteroatoms. The van der Waals surface area contributed by atoms with Crippen LogP contribution in [-0.2, 0) is 6.54 Å². The van der Waals surface area contributed by atoms with Gasteiger partial charge in [0.1, 0.15) is 11.8 Å². The van der Waals surface area contributed by atoms with E-state index in [2.05, 4.69) is 49.4 Å². The molecule has 2 aliphatic rings. The van der Waals surface area contributed by atoms with Crippen molar-refractivity contribution in [2.24, 2.45) is 0 Å². The molecule has 0 radical (unpaired) electrons. The van der Waals surface area contributed by atoms with Gasteiger partial charge in [0, 0.05) is 24.0 Å². The summed E-state index contributed by atoms with van der Waals surface area (Å²) in [6, 6.07) is 14.5. The van der Waals surface area contributed by atoms with E-state index in [1.54, 1.807) is 0 Å². The van der Waals surface area contributed by atoms with Crippen LogP contribution in [0, 0.1) is 11.3 Å². The van der Waals surface area contributed by atoms with E-state index in [0.29, 0.717) is 5.92 Å². The van der Waals surface area contributed by atoms with Gasteiger partial charge in [-0.2, -0.15) is 5.26 Å². The fourth-order valence-corrected chi connectivity index (χ4v) is 4.93. The molecule has 7 nitrogen and oxygen atoms in total. The number of carbonyl (C=O) groups is 1. The lowest BCUT2D eigenvalue weighted by Crippen LogP contribution is -2.32.